The van der Waals surface area contributed by atoms with Crippen LogP contribution in [0.25, 0.3) is 0 Å². The van der Waals surface area contributed by atoms with E-state index in [0.717, 1.165) is 38.0 Å². The van der Waals surface area contributed by atoms with E-state index in [-0.39, 0.29) is 17.9 Å². The van der Waals surface area contributed by atoms with Gasteiger partial charge >= 0.3 is 0 Å². The summed E-state index contributed by atoms with van der Waals surface area (Å²) < 4.78 is 0. The van der Waals surface area contributed by atoms with Gasteiger partial charge in [-0.25, -0.2) is 0 Å². The van der Waals surface area contributed by atoms with Crippen LogP contribution < -0.4 is 11.1 Å². The number of carbonyl (C=O) groups excluding carboxylic acids is 1. The zero-order chi connectivity index (χ0) is 13.0. The van der Waals surface area contributed by atoms with Crippen molar-refractivity contribution in [2.75, 3.05) is 0 Å². The number of hydrogen-bond donors (Lipinski definition) is 2. The number of nitrogens with two attached hydrogens (primary N) is 1. The molecule has 2 aliphatic carbocycles. The van der Waals surface area contributed by atoms with Gasteiger partial charge < -0.3 is 11.1 Å². The van der Waals surface area contributed by atoms with Crippen LogP contribution in [0.5, 0.6) is 0 Å². The maximum Gasteiger partial charge on any atom is 0.224 e. The number of rotatable bonds is 2. The Bertz CT molecular complexity index is 272. The molecule has 0 aromatic heterocycles. The highest BCUT2D eigenvalue weighted by atomic mass is 16.2. The molecule has 0 radical (unpaired) electrons. The zero-order valence-corrected chi connectivity index (χ0v) is 11.7. The van der Waals surface area contributed by atoms with Gasteiger partial charge in [0.15, 0.2) is 0 Å². The van der Waals surface area contributed by atoms with Gasteiger partial charge in [-0.05, 0) is 44.4 Å². The lowest BCUT2D eigenvalue weighted by Crippen LogP contribution is -2.46. The van der Waals surface area contributed by atoms with Crippen molar-refractivity contribution < 1.29 is 4.79 Å². The largest absolute Gasteiger partial charge is 0.353 e. The summed E-state index contributed by atoms with van der Waals surface area (Å²) in [5.41, 5.74) is 6.15. The lowest BCUT2D eigenvalue weighted by atomic mass is 9.86. The first-order chi connectivity index (χ1) is 8.66. The molecule has 2 fully saturated rings. The molecule has 3 N–H and O–H groups in total. The molecule has 3 heteroatoms. The topological polar surface area (TPSA) is 55.1 Å². The third kappa shape index (κ3) is 3.71. The number of amides is 1. The van der Waals surface area contributed by atoms with Crippen molar-refractivity contribution in [2.24, 2.45) is 17.6 Å². The van der Waals surface area contributed by atoms with Gasteiger partial charge in [-0.1, -0.05) is 26.2 Å². The summed E-state index contributed by atoms with van der Waals surface area (Å²) in [4.78, 5) is 12.3. The van der Waals surface area contributed by atoms with Gasteiger partial charge in [0.25, 0.3) is 0 Å². The molecule has 104 valence electrons. The SMILES string of the molecule is CC1CCC(NC(=O)C2CCCCCC2N)CC1. The van der Waals surface area contributed by atoms with E-state index < -0.39 is 0 Å². The van der Waals surface area contributed by atoms with Crippen molar-refractivity contribution in [3.8, 4) is 0 Å². The van der Waals surface area contributed by atoms with Gasteiger partial charge in [0.2, 0.25) is 5.91 Å². The molecule has 0 aromatic rings. The van der Waals surface area contributed by atoms with Crippen LogP contribution in [-0.2, 0) is 4.79 Å². The summed E-state index contributed by atoms with van der Waals surface area (Å²) in [7, 11) is 0. The van der Waals surface area contributed by atoms with Gasteiger partial charge in [0.1, 0.15) is 0 Å². The van der Waals surface area contributed by atoms with Crippen LogP contribution in [0.2, 0.25) is 0 Å². The van der Waals surface area contributed by atoms with E-state index in [1.54, 1.807) is 0 Å². The highest BCUT2D eigenvalue weighted by molar-refractivity contribution is 5.79. The van der Waals surface area contributed by atoms with Crippen LogP contribution in [0, 0.1) is 11.8 Å². The minimum atomic E-state index is 0.0619. The molecule has 2 atom stereocenters. The Kier molecular flexibility index (Phi) is 5.04. The van der Waals surface area contributed by atoms with Gasteiger partial charge in [-0.15, -0.1) is 0 Å². The number of hydrogen-bond acceptors (Lipinski definition) is 2. The summed E-state index contributed by atoms with van der Waals surface area (Å²) in [5, 5.41) is 3.25. The number of carbonyl (C=O) groups is 1. The minimum Gasteiger partial charge on any atom is -0.353 e. The Hall–Kier alpha value is -0.570. The Balaban J connectivity index is 1.82. The summed E-state index contributed by atoms with van der Waals surface area (Å²) in [5.74, 6) is 1.12. The summed E-state index contributed by atoms with van der Waals surface area (Å²) in [6.07, 6.45) is 10.4. The minimum absolute atomic E-state index is 0.0619. The van der Waals surface area contributed by atoms with Crippen molar-refractivity contribution in [3.63, 3.8) is 0 Å². The third-order valence-electron chi connectivity index (χ3n) is 4.77. The van der Waals surface area contributed by atoms with E-state index in [1.807, 2.05) is 0 Å². The highest BCUT2D eigenvalue weighted by Gasteiger charge is 2.29. The van der Waals surface area contributed by atoms with Crippen LogP contribution >= 0.6 is 0 Å². The van der Waals surface area contributed by atoms with Crippen molar-refractivity contribution in [1.29, 1.82) is 0 Å². The molecule has 2 unspecified atom stereocenters. The van der Waals surface area contributed by atoms with E-state index >= 15 is 0 Å². The normalized spacial score (nSPS) is 37.9. The summed E-state index contributed by atoms with van der Waals surface area (Å²) in [6.45, 7) is 2.30. The standard InChI is InChI=1S/C15H28N2O/c1-11-7-9-12(10-8-11)17-15(18)13-5-3-2-4-6-14(13)16/h11-14H,2-10,16H2,1H3,(H,17,18). The zero-order valence-electron chi connectivity index (χ0n) is 11.7. The smallest absolute Gasteiger partial charge is 0.224 e. The quantitative estimate of drug-likeness (QED) is 0.742. The maximum absolute atomic E-state index is 12.3. The first-order valence-corrected chi connectivity index (χ1v) is 7.72. The fraction of sp³-hybridized carbons (Fsp3) is 0.933. The average Bonchev–Trinajstić information content (AvgIpc) is 2.57. The lowest BCUT2D eigenvalue weighted by molar-refractivity contribution is -0.126. The van der Waals surface area contributed by atoms with Gasteiger partial charge in [0, 0.05) is 12.1 Å². The fourth-order valence-electron chi connectivity index (χ4n) is 3.37. The average molecular weight is 252 g/mol. The highest BCUT2D eigenvalue weighted by Crippen LogP contribution is 2.26. The fourth-order valence-corrected chi connectivity index (χ4v) is 3.37. The van der Waals surface area contributed by atoms with E-state index in [0.29, 0.717) is 6.04 Å². The molecule has 2 rings (SSSR count). The number of nitrogens with one attached hydrogen (secondary N) is 1. The second kappa shape index (κ2) is 6.55. The molecule has 0 bridgehead atoms. The molecule has 2 saturated carbocycles. The Morgan fingerprint density at radius 1 is 1.00 bits per heavy atom. The molecule has 3 nitrogen and oxygen atoms in total. The summed E-state index contributed by atoms with van der Waals surface area (Å²) in [6, 6.07) is 0.485. The van der Waals surface area contributed by atoms with Crippen LogP contribution in [0.4, 0.5) is 0 Å². The lowest BCUT2D eigenvalue weighted by Gasteiger charge is -2.29. The molecule has 0 saturated heterocycles. The maximum atomic E-state index is 12.3. The Morgan fingerprint density at radius 2 is 1.67 bits per heavy atom. The Labute approximate surface area is 111 Å². The van der Waals surface area contributed by atoms with Crippen LogP contribution in [0.15, 0.2) is 0 Å². The first kappa shape index (κ1) is 13.9. The molecular formula is C15H28N2O. The molecule has 0 spiro atoms. The molecule has 1 amide bonds. The van der Waals surface area contributed by atoms with Gasteiger partial charge in [0.05, 0.1) is 5.92 Å². The van der Waals surface area contributed by atoms with Gasteiger partial charge in [-0.3, -0.25) is 4.79 Å². The second-order valence-corrected chi connectivity index (χ2v) is 6.37. The van der Waals surface area contributed by atoms with Gasteiger partial charge in [-0.2, -0.15) is 0 Å². The van der Waals surface area contributed by atoms with E-state index in [1.165, 1.54) is 25.7 Å². The Morgan fingerprint density at radius 3 is 2.39 bits per heavy atom. The van der Waals surface area contributed by atoms with Crippen molar-refractivity contribution in [1.82, 2.24) is 5.32 Å². The van der Waals surface area contributed by atoms with Crippen molar-refractivity contribution >= 4 is 5.91 Å². The monoisotopic (exact) mass is 252 g/mol. The molecular weight excluding hydrogens is 224 g/mol. The molecule has 0 heterocycles. The van der Waals surface area contributed by atoms with E-state index in [9.17, 15) is 4.79 Å². The van der Waals surface area contributed by atoms with Crippen LogP contribution in [-0.4, -0.2) is 18.0 Å². The van der Waals surface area contributed by atoms with Crippen LogP contribution in [0.1, 0.15) is 64.7 Å². The van der Waals surface area contributed by atoms with Crippen LogP contribution in [0.3, 0.4) is 0 Å². The predicted molar refractivity (Wildman–Crippen MR) is 74.1 cm³/mol. The molecule has 0 aliphatic heterocycles. The van der Waals surface area contributed by atoms with Crippen molar-refractivity contribution in [3.05, 3.63) is 0 Å². The van der Waals surface area contributed by atoms with E-state index in [4.69, 9.17) is 5.73 Å². The summed E-state index contributed by atoms with van der Waals surface area (Å²) >= 11 is 0. The first-order valence-electron chi connectivity index (χ1n) is 7.72. The predicted octanol–water partition coefficient (Wildman–Crippen LogP) is 2.59. The third-order valence-corrected chi connectivity index (χ3v) is 4.77. The molecule has 0 aromatic carbocycles. The second-order valence-electron chi connectivity index (χ2n) is 6.37. The molecule has 18 heavy (non-hydrogen) atoms. The van der Waals surface area contributed by atoms with E-state index in [2.05, 4.69) is 12.2 Å². The molecule has 2 aliphatic rings. The van der Waals surface area contributed by atoms with Crippen molar-refractivity contribution in [2.45, 2.75) is 76.8 Å².